The Bertz CT molecular complexity index is 451. The Morgan fingerprint density at radius 1 is 1.44 bits per heavy atom. The van der Waals surface area contributed by atoms with Gasteiger partial charge in [0.2, 0.25) is 11.8 Å². The Morgan fingerprint density at radius 2 is 2.06 bits per heavy atom. The molecule has 1 aromatic rings. The van der Waals surface area contributed by atoms with Gasteiger partial charge in [-0.25, -0.2) is 0 Å². The molecule has 0 aliphatic carbocycles. The van der Waals surface area contributed by atoms with Crippen molar-refractivity contribution >= 4 is 33.4 Å². The number of carbonyl (C=O) groups is 2. The molecule has 0 radical (unpaired) electrons. The van der Waals surface area contributed by atoms with Crippen LogP contribution in [0.3, 0.4) is 0 Å². The lowest BCUT2D eigenvalue weighted by Crippen LogP contribution is -2.43. The van der Waals surface area contributed by atoms with Gasteiger partial charge in [0.25, 0.3) is 0 Å². The summed E-state index contributed by atoms with van der Waals surface area (Å²) in [6, 6.07) is 6.84. The molecule has 0 spiro atoms. The molecular formula is C12H16BrN3O2. The number of hydrogen-bond acceptors (Lipinski definition) is 3. The fourth-order valence-electron chi connectivity index (χ4n) is 1.33. The summed E-state index contributed by atoms with van der Waals surface area (Å²) in [5.74, 6) is -0.649. The Labute approximate surface area is 114 Å². The number of anilines is 1. The van der Waals surface area contributed by atoms with Gasteiger partial charge < -0.3 is 11.1 Å². The zero-order valence-corrected chi connectivity index (χ0v) is 11.9. The highest BCUT2D eigenvalue weighted by atomic mass is 79.9. The van der Waals surface area contributed by atoms with Gasteiger partial charge in [-0.05, 0) is 42.0 Å². The van der Waals surface area contributed by atoms with E-state index in [0.29, 0.717) is 5.69 Å². The third-order valence-electron chi connectivity index (χ3n) is 2.61. The first-order valence-electron chi connectivity index (χ1n) is 5.45. The molecule has 6 heteroatoms. The molecule has 0 saturated carbocycles. The van der Waals surface area contributed by atoms with E-state index in [0.717, 1.165) is 4.47 Å². The number of amides is 2. The standard InChI is InChI=1S/C12H16BrN3O2/c1-8(12(14)18)16(2)7-11(17)15-10-6-4-3-5-9(10)13/h3-6,8H,7H2,1-2H3,(H2,14,18)(H,15,17)/t8-/m0/s1. The van der Waals surface area contributed by atoms with E-state index >= 15 is 0 Å². The van der Waals surface area contributed by atoms with Crippen LogP contribution in [0.5, 0.6) is 0 Å². The minimum Gasteiger partial charge on any atom is -0.368 e. The van der Waals surface area contributed by atoms with Crippen LogP contribution >= 0.6 is 15.9 Å². The number of carbonyl (C=O) groups excluding carboxylic acids is 2. The summed E-state index contributed by atoms with van der Waals surface area (Å²) in [7, 11) is 1.68. The van der Waals surface area contributed by atoms with E-state index in [-0.39, 0.29) is 12.5 Å². The van der Waals surface area contributed by atoms with Gasteiger partial charge in [0.05, 0.1) is 18.3 Å². The van der Waals surface area contributed by atoms with Crippen molar-refractivity contribution in [2.75, 3.05) is 18.9 Å². The molecule has 0 aliphatic rings. The van der Waals surface area contributed by atoms with Gasteiger partial charge >= 0.3 is 0 Å². The quantitative estimate of drug-likeness (QED) is 0.857. The second kappa shape index (κ2) is 6.51. The number of benzene rings is 1. The highest BCUT2D eigenvalue weighted by molar-refractivity contribution is 9.10. The number of nitrogens with zero attached hydrogens (tertiary/aromatic N) is 1. The van der Waals surface area contributed by atoms with Crippen LogP contribution < -0.4 is 11.1 Å². The lowest BCUT2D eigenvalue weighted by molar-refractivity contribution is -0.123. The van der Waals surface area contributed by atoms with E-state index in [1.54, 1.807) is 24.9 Å². The summed E-state index contributed by atoms with van der Waals surface area (Å²) in [4.78, 5) is 24.3. The average Bonchev–Trinajstić information content (AvgIpc) is 2.30. The van der Waals surface area contributed by atoms with Crippen molar-refractivity contribution < 1.29 is 9.59 Å². The predicted octanol–water partition coefficient (Wildman–Crippen LogP) is 1.19. The summed E-state index contributed by atoms with van der Waals surface area (Å²) in [5, 5.41) is 2.76. The predicted molar refractivity (Wildman–Crippen MR) is 74.1 cm³/mol. The molecule has 1 atom stereocenters. The van der Waals surface area contributed by atoms with Crippen molar-refractivity contribution in [2.24, 2.45) is 5.73 Å². The molecule has 1 rings (SSSR count). The van der Waals surface area contributed by atoms with E-state index in [4.69, 9.17) is 5.73 Å². The molecule has 0 fully saturated rings. The lowest BCUT2D eigenvalue weighted by Gasteiger charge is -2.21. The van der Waals surface area contributed by atoms with Crippen molar-refractivity contribution in [3.05, 3.63) is 28.7 Å². The van der Waals surface area contributed by atoms with E-state index in [1.165, 1.54) is 0 Å². The number of hydrogen-bond donors (Lipinski definition) is 2. The zero-order chi connectivity index (χ0) is 13.7. The van der Waals surface area contributed by atoms with E-state index < -0.39 is 11.9 Å². The third kappa shape index (κ3) is 4.12. The molecule has 0 bridgehead atoms. The molecular weight excluding hydrogens is 298 g/mol. The van der Waals surface area contributed by atoms with Gasteiger partial charge in [-0.1, -0.05) is 12.1 Å². The maximum absolute atomic E-state index is 11.8. The van der Waals surface area contributed by atoms with Crippen LogP contribution in [0, 0.1) is 0 Å². The van der Waals surface area contributed by atoms with Gasteiger partial charge in [-0.3, -0.25) is 14.5 Å². The summed E-state index contributed by atoms with van der Waals surface area (Å²) in [6.07, 6.45) is 0. The number of likely N-dealkylation sites (N-methyl/N-ethyl adjacent to an activating group) is 1. The number of rotatable bonds is 5. The summed E-state index contributed by atoms with van der Waals surface area (Å²) < 4.78 is 0.809. The second-order valence-corrected chi connectivity index (χ2v) is 4.88. The zero-order valence-electron chi connectivity index (χ0n) is 10.3. The first-order valence-corrected chi connectivity index (χ1v) is 6.25. The van der Waals surface area contributed by atoms with Crippen molar-refractivity contribution in [3.63, 3.8) is 0 Å². The number of nitrogens with one attached hydrogen (secondary N) is 1. The van der Waals surface area contributed by atoms with Crippen LogP contribution in [0.1, 0.15) is 6.92 Å². The SMILES string of the molecule is C[C@@H](C(N)=O)N(C)CC(=O)Nc1ccccc1Br. The molecule has 1 aromatic carbocycles. The minimum atomic E-state index is -0.477. The van der Waals surface area contributed by atoms with Gasteiger partial charge in [0, 0.05) is 4.47 Å². The summed E-state index contributed by atoms with van der Waals surface area (Å²) in [6.45, 7) is 1.76. The van der Waals surface area contributed by atoms with Crippen molar-refractivity contribution in [3.8, 4) is 0 Å². The maximum atomic E-state index is 11.8. The van der Waals surface area contributed by atoms with Crippen LogP contribution in [0.2, 0.25) is 0 Å². The molecule has 0 heterocycles. The molecule has 2 amide bonds. The van der Waals surface area contributed by atoms with E-state index in [9.17, 15) is 9.59 Å². The highest BCUT2D eigenvalue weighted by Gasteiger charge is 2.17. The smallest absolute Gasteiger partial charge is 0.238 e. The number of primary amides is 1. The van der Waals surface area contributed by atoms with E-state index in [2.05, 4.69) is 21.2 Å². The van der Waals surface area contributed by atoms with Gasteiger partial charge in [-0.2, -0.15) is 0 Å². The van der Waals surface area contributed by atoms with Crippen molar-refractivity contribution in [1.82, 2.24) is 4.90 Å². The average molecular weight is 314 g/mol. The lowest BCUT2D eigenvalue weighted by atomic mass is 10.3. The molecule has 0 aliphatic heterocycles. The van der Waals surface area contributed by atoms with Gasteiger partial charge in [-0.15, -0.1) is 0 Å². The van der Waals surface area contributed by atoms with Crippen LogP contribution in [0.25, 0.3) is 0 Å². The molecule has 5 nitrogen and oxygen atoms in total. The van der Waals surface area contributed by atoms with Crippen LogP contribution in [-0.2, 0) is 9.59 Å². The summed E-state index contributed by atoms with van der Waals surface area (Å²) in [5.41, 5.74) is 5.87. The minimum absolute atomic E-state index is 0.103. The highest BCUT2D eigenvalue weighted by Crippen LogP contribution is 2.20. The van der Waals surface area contributed by atoms with Gasteiger partial charge in [0.15, 0.2) is 0 Å². The molecule has 0 saturated heterocycles. The Hall–Kier alpha value is -1.40. The van der Waals surface area contributed by atoms with Crippen molar-refractivity contribution in [2.45, 2.75) is 13.0 Å². The monoisotopic (exact) mass is 313 g/mol. The largest absolute Gasteiger partial charge is 0.368 e. The first-order chi connectivity index (χ1) is 8.41. The van der Waals surface area contributed by atoms with Gasteiger partial charge in [0.1, 0.15) is 0 Å². The fourth-order valence-corrected chi connectivity index (χ4v) is 1.72. The van der Waals surface area contributed by atoms with Crippen LogP contribution in [-0.4, -0.2) is 36.3 Å². The first kappa shape index (κ1) is 14.7. The Kier molecular flexibility index (Phi) is 5.30. The topological polar surface area (TPSA) is 75.4 Å². The number of halogens is 1. The molecule has 0 unspecified atom stereocenters. The maximum Gasteiger partial charge on any atom is 0.238 e. The molecule has 3 N–H and O–H groups in total. The summed E-state index contributed by atoms with van der Waals surface area (Å²) >= 11 is 3.34. The second-order valence-electron chi connectivity index (χ2n) is 4.02. The Balaban J connectivity index is 2.57. The molecule has 18 heavy (non-hydrogen) atoms. The third-order valence-corrected chi connectivity index (χ3v) is 3.31. The molecule has 0 aromatic heterocycles. The van der Waals surface area contributed by atoms with Crippen LogP contribution in [0.15, 0.2) is 28.7 Å². The fraction of sp³-hybridized carbons (Fsp3) is 0.333. The van der Waals surface area contributed by atoms with Crippen LogP contribution in [0.4, 0.5) is 5.69 Å². The number of para-hydroxylation sites is 1. The normalized spacial score (nSPS) is 12.2. The van der Waals surface area contributed by atoms with E-state index in [1.807, 2.05) is 18.2 Å². The Morgan fingerprint density at radius 3 is 2.61 bits per heavy atom. The number of nitrogens with two attached hydrogens (primary N) is 1. The van der Waals surface area contributed by atoms with Crippen molar-refractivity contribution in [1.29, 1.82) is 0 Å². The molecule has 98 valence electrons.